The lowest BCUT2D eigenvalue weighted by Gasteiger charge is -2.01. The Kier molecular flexibility index (Phi) is 4.70. The maximum atomic E-state index is 13.4. The molecular formula is C12H10FN3S2. The lowest BCUT2D eigenvalue weighted by atomic mass is 10.1. The van der Waals surface area contributed by atoms with E-state index < -0.39 is 0 Å². The molecule has 0 saturated carbocycles. The number of halogens is 1. The van der Waals surface area contributed by atoms with E-state index in [1.54, 1.807) is 0 Å². The highest BCUT2D eigenvalue weighted by Gasteiger charge is 2.02. The molecule has 0 bridgehead atoms. The number of hydrogen-bond donors (Lipinski definition) is 1. The second-order valence-electron chi connectivity index (χ2n) is 3.35. The van der Waals surface area contributed by atoms with Crippen LogP contribution in [0.1, 0.15) is 11.1 Å². The number of thioether (sulfide) groups is 1. The van der Waals surface area contributed by atoms with Crippen LogP contribution in [0.3, 0.4) is 0 Å². The van der Waals surface area contributed by atoms with E-state index in [9.17, 15) is 4.39 Å². The summed E-state index contributed by atoms with van der Waals surface area (Å²) in [6.07, 6.45) is 1.51. The minimum absolute atomic E-state index is 0.269. The Morgan fingerprint density at radius 3 is 3.00 bits per heavy atom. The fraction of sp³-hybridized carbons (Fsp3) is 0.167. The van der Waals surface area contributed by atoms with Crippen LogP contribution in [-0.2, 0) is 5.75 Å². The molecule has 2 aromatic rings. The van der Waals surface area contributed by atoms with Gasteiger partial charge in [-0.15, -0.1) is 0 Å². The molecule has 0 fully saturated rings. The van der Waals surface area contributed by atoms with Crippen LogP contribution >= 0.6 is 23.3 Å². The summed E-state index contributed by atoms with van der Waals surface area (Å²) in [6, 6.07) is 4.77. The monoisotopic (exact) mass is 279 g/mol. The zero-order valence-electron chi connectivity index (χ0n) is 9.39. The highest BCUT2D eigenvalue weighted by atomic mass is 32.2. The van der Waals surface area contributed by atoms with Gasteiger partial charge in [0.25, 0.3) is 0 Å². The molecule has 6 heteroatoms. The third-order valence-electron chi connectivity index (χ3n) is 2.00. The number of nitrogens with two attached hydrogens (primary N) is 1. The van der Waals surface area contributed by atoms with E-state index in [2.05, 4.69) is 21.2 Å². The third kappa shape index (κ3) is 3.81. The van der Waals surface area contributed by atoms with Crippen LogP contribution < -0.4 is 5.73 Å². The zero-order chi connectivity index (χ0) is 12.8. The molecule has 2 rings (SSSR count). The quantitative estimate of drug-likeness (QED) is 0.692. The lowest BCUT2D eigenvalue weighted by molar-refractivity contribution is 0.626. The lowest BCUT2D eigenvalue weighted by Crippen LogP contribution is -1.93. The Morgan fingerprint density at radius 2 is 2.28 bits per heavy atom. The van der Waals surface area contributed by atoms with Crippen molar-refractivity contribution in [2.24, 2.45) is 5.73 Å². The van der Waals surface area contributed by atoms with Crippen molar-refractivity contribution >= 4 is 23.3 Å². The molecule has 1 aromatic heterocycles. The Bertz CT molecular complexity index is 573. The number of rotatable bonds is 3. The maximum absolute atomic E-state index is 13.4. The minimum Gasteiger partial charge on any atom is -0.320 e. The minimum atomic E-state index is -0.285. The summed E-state index contributed by atoms with van der Waals surface area (Å²) in [6.45, 7) is 0.269. The molecule has 0 saturated heterocycles. The van der Waals surface area contributed by atoms with E-state index in [0.717, 1.165) is 9.90 Å². The van der Waals surface area contributed by atoms with Gasteiger partial charge in [0, 0.05) is 11.3 Å². The van der Waals surface area contributed by atoms with E-state index in [1.807, 2.05) is 6.07 Å². The van der Waals surface area contributed by atoms with Crippen LogP contribution in [0.4, 0.5) is 4.39 Å². The summed E-state index contributed by atoms with van der Waals surface area (Å²) in [5.74, 6) is 5.90. The molecule has 0 aliphatic rings. The molecule has 2 N–H and O–H groups in total. The van der Waals surface area contributed by atoms with Gasteiger partial charge in [0.2, 0.25) is 0 Å². The molecule has 1 heterocycles. The Morgan fingerprint density at radius 1 is 1.39 bits per heavy atom. The summed E-state index contributed by atoms with van der Waals surface area (Å²) in [5, 5.41) is 0. The number of benzene rings is 1. The van der Waals surface area contributed by atoms with E-state index in [0.29, 0.717) is 11.3 Å². The van der Waals surface area contributed by atoms with Crippen LogP contribution in [0, 0.1) is 17.7 Å². The summed E-state index contributed by atoms with van der Waals surface area (Å²) in [7, 11) is 0. The standard InChI is InChI=1S/C12H10FN3S2/c13-11-5-9(2-1-3-14)4-10(6-11)7-17-12-15-8-16-18-12/h4-6,8H,3,7,14H2. The first kappa shape index (κ1) is 13.0. The number of hydrogen-bond acceptors (Lipinski definition) is 5. The smallest absolute Gasteiger partial charge is 0.170 e. The average molecular weight is 279 g/mol. The van der Waals surface area contributed by atoms with Crippen molar-refractivity contribution in [3.05, 3.63) is 41.5 Å². The van der Waals surface area contributed by atoms with Gasteiger partial charge < -0.3 is 5.73 Å². The van der Waals surface area contributed by atoms with Gasteiger partial charge in [-0.1, -0.05) is 23.6 Å². The van der Waals surface area contributed by atoms with Crippen molar-refractivity contribution < 1.29 is 4.39 Å². The van der Waals surface area contributed by atoms with Crippen molar-refractivity contribution in [3.63, 3.8) is 0 Å². The van der Waals surface area contributed by atoms with Crippen molar-refractivity contribution in [1.82, 2.24) is 9.36 Å². The van der Waals surface area contributed by atoms with Gasteiger partial charge >= 0.3 is 0 Å². The average Bonchev–Trinajstić information content (AvgIpc) is 2.86. The molecule has 1 aromatic carbocycles. The normalized spacial score (nSPS) is 9.89. The van der Waals surface area contributed by atoms with Gasteiger partial charge in [0.15, 0.2) is 4.34 Å². The molecule has 3 nitrogen and oxygen atoms in total. The Hall–Kier alpha value is -1.42. The van der Waals surface area contributed by atoms with Crippen molar-refractivity contribution in [1.29, 1.82) is 0 Å². The van der Waals surface area contributed by atoms with E-state index >= 15 is 0 Å². The van der Waals surface area contributed by atoms with Gasteiger partial charge in [0.1, 0.15) is 12.1 Å². The summed E-state index contributed by atoms with van der Waals surface area (Å²) in [5.41, 5.74) is 6.81. The van der Waals surface area contributed by atoms with Crippen LogP contribution in [-0.4, -0.2) is 15.9 Å². The predicted molar refractivity (Wildman–Crippen MR) is 71.8 cm³/mol. The molecule has 92 valence electrons. The van der Waals surface area contributed by atoms with Crippen LogP contribution in [0.2, 0.25) is 0 Å². The van der Waals surface area contributed by atoms with Crippen LogP contribution in [0.5, 0.6) is 0 Å². The van der Waals surface area contributed by atoms with Gasteiger partial charge in [-0.3, -0.25) is 0 Å². The largest absolute Gasteiger partial charge is 0.320 e. The molecule has 0 unspecified atom stereocenters. The molecule has 18 heavy (non-hydrogen) atoms. The SMILES string of the molecule is NCC#Cc1cc(F)cc(CSc2ncns2)c1. The van der Waals surface area contributed by atoms with Crippen LogP contribution in [0.25, 0.3) is 0 Å². The second kappa shape index (κ2) is 6.50. The highest BCUT2D eigenvalue weighted by Crippen LogP contribution is 2.23. The highest BCUT2D eigenvalue weighted by molar-refractivity contribution is 8.00. The van der Waals surface area contributed by atoms with Gasteiger partial charge in [-0.25, -0.2) is 9.37 Å². The molecular weight excluding hydrogens is 269 g/mol. The number of nitrogens with zero attached hydrogens (tertiary/aromatic N) is 2. The van der Waals surface area contributed by atoms with Crippen molar-refractivity contribution in [2.45, 2.75) is 10.1 Å². The second-order valence-corrected chi connectivity index (χ2v) is 5.35. The Balaban J connectivity index is 2.10. The van der Waals surface area contributed by atoms with Gasteiger partial charge in [-0.05, 0) is 35.3 Å². The third-order valence-corrected chi connectivity index (χ3v) is 3.86. The predicted octanol–water partition coefficient (Wildman–Crippen LogP) is 2.28. The molecule has 0 radical (unpaired) electrons. The first-order valence-corrected chi connectivity index (χ1v) is 6.91. The Labute approximate surface area is 113 Å². The fourth-order valence-electron chi connectivity index (χ4n) is 1.33. The van der Waals surface area contributed by atoms with E-state index in [4.69, 9.17) is 5.73 Å². The first-order chi connectivity index (χ1) is 8.78. The summed E-state index contributed by atoms with van der Waals surface area (Å²) < 4.78 is 18.2. The molecule has 0 aliphatic carbocycles. The van der Waals surface area contributed by atoms with Crippen molar-refractivity contribution in [3.8, 4) is 11.8 Å². The van der Waals surface area contributed by atoms with Crippen LogP contribution in [0.15, 0.2) is 28.9 Å². The zero-order valence-corrected chi connectivity index (χ0v) is 11.0. The maximum Gasteiger partial charge on any atom is 0.170 e. The molecule has 0 aliphatic heterocycles. The number of aromatic nitrogens is 2. The van der Waals surface area contributed by atoms with Crippen molar-refractivity contribution in [2.75, 3.05) is 6.54 Å². The fourth-order valence-corrected chi connectivity index (χ4v) is 2.70. The molecule has 0 spiro atoms. The van der Waals surface area contributed by atoms with E-state index in [-0.39, 0.29) is 12.4 Å². The van der Waals surface area contributed by atoms with Gasteiger partial charge in [-0.2, -0.15) is 4.37 Å². The molecule has 0 atom stereocenters. The summed E-state index contributed by atoms with van der Waals surface area (Å²) >= 11 is 2.85. The summed E-state index contributed by atoms with van der Waals surface area (Å²) in [4.78, 5) is 4.06. The van der Waals surface area contributed by atoms with E-state index in [1.165, 1.54) is 41.8 Å². The van der Waals surface area contributed by atoms with Gasteiger partial charge in [0.05, 0.1) is 6.54 Å². The first-order valence-electron chi connectivity index (χ1n) is 5.16. The molecule has 0 amide bonds. The topological polar surface area (TPSA) is 51.8 Å².